The second-order valence-electron chi connectivity index (χ2n) is 15.7. The average Bonchev–Trinajstić information content (AvgIpc) is 3.95. The molecule has 1 aliphatic rings. The van der Waals surface area contributed by atoms with Crippen LogP contribution < -0.4 is 12.4 Å². The van der Waals surface area contributed by atoms with Crippen LogP contribution in [0.15, 0.2) is 36.5 Å². The van der Waals surface area contributed by atoms with Gasteiger partial charge in [-0.1, -0.05) is 94.2 Å². The third-order valence-electron chi connectivity index (χ3n) is 9.52. The quantitative estimate of drug-likeness (QED) is 0.0145. The van der Waals surface area contributed by atoms with Crippen molar-refractivity contribution in [1.82, 2.24) is 0 Å². The van der Waals surface area contributed by atoms with Crippen molar-refractivity contribution < 1.29 is 72.1 Å². The van der Waals surface area contributed by atoms with E-state index in [1.807, 2.05) is 34.6 Å². The van der Waals surface area contributed by atoms with E-state index in [9.17, 15) is 0 Å². The van der Waals surface area contributed by atoms with Gasteiger partial charge in [-0.15, -0.1) is 11.6 Å². The van der Waals surface area contributed by atoms with Crippen molar-refractivity contribution in [3.8, 4) is 0 Å². The predicted octanol–water partition coefficient (Wildman–Crippen LogP) is 11.2. The minimum absolute atomic E-state index is 0. The van der Waals surface area contributed by atoms with E-state index in [1.165, 1.54) is 116 Å². The summed E-state index contributed by atoms with van der Waals surface area (Å²) in [6, 6.07) is 0. The summed E-state index contributed by atoms with van der Waals surface area (Å²) in [6.07, 6.45) is 42.4. The van der Waals surface area contributed by atoms with Crippen LogP contribution in [0, 0.1) is 6.92 Å². The molecule has 0 N–H and O–H groups in total. The predicted molar refractivity (Wildman–Crippen MR) is 298 cm³/mol. The largest absolute Gasteiger partial charge is 2.00 e. The summed E-state index contributed by atoms with van der Waals surface area (Å²) in [6.45, 7) is 21.9. The molecule has 0 saturated carbocycles. The molecule has 1 heterocycles. The molecule has 16 heteroatoms. The van der Waals surface area contributed by atoms with Gasteiger partial charge >= 0.3 is 46.1 Å². The molecular formula is C55H112Cl2Mg2O12. The Morgan fingerprint density at radius 1 is 0.465 bits per heavy atom. The first-order valence-electron chi connectivity index (χ1n) is 26.7. The number of alkyl halides is 1. The Morgan fingerprint density at radius 2 is 0.789 bits per heavy atom. The molecule has 0 atom stereocenters. The van der Waals surface area contributed by atoms with Crippen molar-refractivity contribution >= 4 is 57.7 Å². The molecule has 0 spiro atoms. The van der Waals surface area contributed by atoms with Crippen LogP contribution in [-0.2, 0) is 56.8 Å². The van der Waals surface area contributed by atoms with Gasteiger partial charge in [-0.2, -0.15) is 6.42 Å². The second-order valence-corrected chi connectivity index (χ2v) is 16.1. The molecule has 1 saturated heterocycles. The van der Waals surface area contributed by atoms with E-state index in [0.29, 0.717) is 40.2 Å². The first-order valence-corrected chi connectivity index (χ1v) is 27.2. The minimum atomic E-state index is -0.472. The van der Waals surface area contributed by atoms with Crippen LogP contribution in [0.3, 0.4) is 0 Å². The number of hydrogen-bond acceptors (Lipinski definition) is 12. The van der Waals surface area contributed by atoms with Gasteiger partial charge in [0.05, 0.1) is 19.8 Å². The summed E-state index contributed by atoms with van der Waals surface area (Å²) in [4.78, 5) is 0. The molecule has 0 unspecified atom stereocenters. The second kappa shape index (κ2) is 87.5. The SMILES string of the molecule is C1CCOC1.CCOC(CCCCCCC/C=C\CCOCOC)OCC.CCOC(OCC)OCC.COCOCC/C=C\CCCCCCCCl.[CH2-]CCCCCC/C=C\CCOCOC.[Cl-].[H-].[H-].[Mg+2].[Mg+2]. The molecule has 0 aliphatic carbocycles. The molecule has 422 valence electrons. The molecule has 0 bridgehead atoms. The van der Waals surface area contributed by atoms with Crippen LogP contribution in [0.2, 0.25) is 0 Å². The Balaban J connectivity index is -0.000000104. The van der Waals surface area contributed by atoms with Crippen LogP contribution in [0.5, 0.6) is 0 Å². The molecule has 0 amide bonds. The van der Waals surface area contributed by atoms with E-state index in [2.05, 4.69) is 43.4 Å². The Bertz CT molecular complexity index is 914. The fourth-order valence-electron chi connectivity index (χ4n) is 6.02. The normalized spacial score (nSPS) is 11.8. The number of rotatable bonds is 46. The van der Waals surface area contributed by atoms with Gasteiger partial charge in [-0.25, -0.2) is 0 Å². The maximum atomic E-state index is 5.60. The fraction of sp³-hybridized carbons (Fsp3) is 0.873. The molecule has 0 aromatic rings. The summed E-state index contributed by atoms with van der Waals surface area (Å²) >= 11 is 5.60. The van der Waals surface area contributed by atoms with E-state index in [1.54, 1.807) is 21.3 Å². The van der Waals surface area contributed by atoms with E-state index in [-0.39, 0.29) is 67.7 Å². The summed E-state index contributed by atoms with van der Waals surface area (Å²) in [5.74, 6) is 0.807. The monoisotopic (exact) mass is 1080 g/mol. The van der Waals surface area contributed by atoms with Crippen molar-refractivity contribution in [3.63, 3.8) is 0 Å². The summed E-state index contributed by atoms with van der Waals surface area (Å²) < 4.78 is 61.2. The third kappa shape index (κ3) is 90.7. The number of methoxy groups -OCH3 is 3. The first-order chi connectivity index (χ1) is 33.5. The smallest absolute Gasteiger partial charge is 1.00 e. The molecule has 12 nitrogen and oxygen atoms in total. The van der Waals surface area contributed by atoms with Crippen LogP contribution in [0.4, 0.5) is 0 Å². The average molecular weight is 1090 g/mol. The molecule has 1 fully saturated rings. The van der Waals surface area contributed by atoms with Crippen LogP contribution >= 0.6 is 11.6 Å². The molecule has 0 radical (unpaired) electrons. The number of ether oxygens (including phenoxy) is 12. The molecule has 71 heavy (non-hydrogen) atoms. The van der Waals surface area contributed by atoms with Crippen molar-refractivity contribution in [2.75, 3.05) is 114 Å². The molecule has 0 aromatic heterocycles. The van der Waals surface area contributed by atoms with Gasteiger partial charge in [0.2, 0.25) is 0 Å². The standard InChI is InChI=1S/C18H36O4.C13H25ClO2.C13H25O2.C7H16O3.C4H8O.ClH.2Mg.2H/c1-4-21-18(22-5-2)15-13-11-9-7-6-8-10-12-14-16-20-17-19-3;1-15-13-16-12-10-8-6-4-2-3-5-7-9-11-14;1-3-4-5-6-7-8-9-10-11-12-15-13-14-2;1-4-8-7(9-5-2)10-6-3;1-2-4-5-3-1;;;;;/h10,12,18H,4-9,11,13-17H2,1-3H3;6,8H,2-5,7,9-13H2,1H3;9-10H,1,3-8,11-13H2,2H3;7H,4-6H2,1-3H3;1-4H2;1H;;;;/q;;-1;;;;2*+2;2*-1/p-1/b12-10-;8-6-;10-9-;;;;;;;. The molecular weight excluding hydrogens is 972 g/mol. The van der Waals surface area contributed by atoms with Gasteiger partial charge in [0.1, 0.15) is 20.4 Å². The Kier molecular flexibility index (Phi) is 106. The first kappa shape index (κ1) is 85.8. The minimum Gasteiger partial charge on any atom is -1.00 e. The number of allylic oxidation sites excluding steroid dienone is 3. The van der Waals surface area contributed by atoms with E-state index in [4.69, 9.17) is 68.4 Å². The topological polar surface area (TPSA) is 111 Å². The van der Waals surface area contributed by atoms with Crippen molar-refractivity contribution in [3.05, 3.63) is 43.4 Å². The fourth-order valence-corrected chi connectivity index (χ4v) is 6.21. The van der Waals surface area contributed by atoms with Crippen molar-refractivity contribution in [2.45, 2.75) is 201 Å². The third-order valence-corrected chi connectivity index (χ3v) is 9.78. The number of halogens is 2. The Morgan fingerprint density at radius 3 is 1.10 bits per heavy atom. The van der Waals surface area contributed by atoms with Gasteiger partial charge < -0.3 is 79.0 Å². The Labute approximate surface area is 485 Å². The van der Waals surface area contributed by atoms with Crippen molar-refractivity contribution in [2.24, 2.45) is 0 Å². The van der Waals surface area contributed by atoms with E-state index in [0.717, 1.165) is 90.7 Å². The van der Waals surface area contributed by atoms with Gasteiger partial charge in [0.25, 0.3) is 6.48 Å². The molecule has 1 rings (SSSR count). The van der Waals surface area contributed by atoms with Crippen LogP contribution in [0.25, 0.3) is 0 Å². The van der Waals surface area contributed by atoms with Gasteiger partial charge in [0, 0.05) is 73.5 Å². The van der Waals surface area contributed by atoms with E-state index >= 15 is 0 Å². The maximum absolute atomic E-state index is 5.60. The molecule has 0 aromatic carbocycles. The number of unbranched alkanes of at least 4 members (excludes halogenated alkanes) is 15. The zero-order valence-corrected chi connectivity index (χ0v) is 51.6. The Hall–Kier alpha value is 0.852. The zero-order valence-electron chi connectivity index (χ0n) is 49.3. The van der Waals surface area contributed by atoms with Gasteiger partial charge in [0.15, 0.2) is 6.29 Å². The van der Waals surface area contributed by atoms with E-state index < -0.39 is 6.48 Å². The van der Waals surface area contributed by atoms with Crippen LogP contribution in [0.1, 0.15) is 192 Å². The zero-order chi connectivity index (χ0) is 50.8. The van der Waals surface area contributed by atoms with Crippen LogP contribution in [-0.4, -0.2) is 173 Å². The summed E-state index contributed by atoms with van der Waals surface area (Å²) in [5, 5.41) is 0. The van der Waals surface area contributed by atoms with Gasteiger partial charge in [-0.05, 0) is 125 Å². The summed E-state index contributed by atoms with van der Waals surface area (Å²) in [5.41, 5.74) is 0. The number of hydrogen-bond donors (Lipinski definition) is 0. The van der Waals surface area contributed by atoms with Gasteiger partial charge in [-0.3, -0.25) is 0 Å². The maximum Gasteiger partial charge on any atom is 2.00 e. The molecule has 1 aliphatic heterocycles. The van der Waals surface area contributed by atoms with Crippen molar-refractivity contribution in [1.29, 1.82) is 0 Å². The summed E-state index contributed by atoms with van der Waals surface area (Å²) in [7, 11) is 4.92.